The summed E-state index contributed by atoms with van der Waals surface area (Å²) in [5.74, 6) is -0.109. The molecule has 3 heterocycles. The van der Waals surface area contributed by atoms with Gasteiger partial charge in [0.25, 0.3) is 0 Å². The summed E-state index contributed by atoms with van der Waals surface area (Å²) in [6.45, 7) is 5.72. The van der Waals surface area contributed by atoms with E-state index in [4.69, 9.17) is 23.8 Å². The molecule has 0 radical (unpaired) electrons. The van der Waals surface area contributed by atoms with Crippen LogP contribution in [0.3, 0.4) is 0 Å². The second-order valence-corrected chi connectivity index (χ2v) is 9.69. The maximum absolute atomic E-state index is 11.5. The van der Waals surface area contributed by atoms with Crippen LogP contribution in [-0.4, -0.2) is 20.6 Å². The zero-order valence-electron chi connectivity index (χ0n) is 20.2. The number of benzene rings is 2. The molecular formula is C28H26ClN5OS. The smallest absolute Gasteiger partial charge is 0.221 e. The molecule has 0 aliphatic carbocycles. The van der Waals surface area contributed by atoms with Gasteiger partial charge < -0.3 is 20.1 Å². The first-order valence-corrected chi connectivity index (χ1v) is 12.4. The summed E-state index contributed by atoms with van der Waals surface area (Å²) >= 11 is 12.2. The number of thiocarbonyl (C=S) groups is 1. The normalized spacial score (nSPS) is 17.2. The molecule has 0 saturated carbocycles. The lowest BCUT2D eigenvalue weighted by atomic mass is 9.96. The molecular weight excluding hydrogens is 490 g/mol. The second-order valence-electron chi connectivity index (χ2n) is 8.87. The molecule has 0 unspecified atom stereocenters. The molecule has 36 heavy (non-hydrogen) atoms. The summed E-state index contributed by atoms with van der Waals surface area (Å²) in [4.78, 5) is 18.3. The van der Waals surface area contributed by atoms with Crippen molar-refractivity contribution < 1.29 is 4.79 Å². The van der Waals surface area contributed by atoms with Crippen molar-refractivity contribution in [1.29, 1.82) is 0 Å². The predicted molar refractivity (Wildman–Crippen MR) is 149 cm³/mol. The summed E-state index contributed by atoms with van der Waals surface area (Å²) in [6.07, 6.45) is 1.80. The Hall–Kier alpha value is -3.68. The van der Waals surface area contributed by atoms with Gasteiger partial charge in [-0.3, -0.25) is 9.78 Å². The molecule has 0 spiro atoms. The SMILES string of the molecule is CC(=O)Nc1ccc(N2C(=S)N[C@H](c3ccccn3)[C@@H]2c2cc(C)n(-c3cccc(Cl)c3)c2C)cc1. The van der Waals surface area contributed by atoms with Gasteiger partial charge in [0.1, 0.15) is 0 Å². The molecule has 1 saturated heterocycles. The lowest BCUT2D eigenvalue weighted by Gasteiger charge is -2.28. The van der Waals surface area contributed by atoms with E-state index in [-0.39, 0.29) is 18.0 Å². The number of halogens is 1. The van der Waals surface area contributed by atoms with E-state index < -0.39 is 0 Å². The molecule has 6 nitrogen and oxygen atoms in total. The van der Waals surface area contributed by atoms with Crippen LogP contribution in [0.4, 0.5) is 11.4 Å². The van der Waals surface area contributed by atoms with E-state index in [0.717, 1.165) is 39.7 Å². The Morgan fingerprint density at radius 1 is 1.03 bits per heavy atom. The highest BCUT2D eigenvalue weighted by atomic mass is 35.5. The van der Waals surface area contributed by atoms with Crippen LogP contribution >= 0.6 is 23.8 Å². The summed E-state index contributed by atoms with van der Waals surface area (Å²) in [6, 6.07) is 23.4. The number of amides is 1. The van der Waals surface area contributed by atoms with Gasteiger partial charge in [-0.25, -0.2) is 0 Å². The standard InChI is InChI=1S/C28H26ClN5OS/c1-17-15-24(18(2)33(17)23-8-6-7-20(29)16-23)27-26(25-9-4-5-14-30-25)32-28(36)34(27)22-12-10-21(11-13-22)31-19(3)35/h4-16,26-27H,1-3H3,(H,31,35)(H,32,36)/t26-,27+/m1/s1. The molecule has 2 N–H and O–H groups in total. The van der Waals surface area contributed by atoms with Crippen LogP contribution in [0.15, 0.2) is 79.0 Å². The van der Waals surface area contributed by atoms with Gasteiger partial charge in [-0.1, -0.05) is 23.7 Å². The van der Waals surface area contributed by atoms with Crippen LogP contribution < -0.4 is 15.5 Å². The second kappa shape index (κ2) is 9.76. The fourth-order valence-electron chi connectivity index (χ4n) is 4.96. The van der Waals surface area contributed by atoms with Crippen molar-refractivity contribution in [2.24, 2.45) is 0 Å². The van der Waals surface area contributed by atoms with Gasteiger partial charge in [-0.05, 0) is 92.3 Å². The highest BCUT2D eigenvalue weighted by molar-refractivity contribution is 7.80. The maximum atomic E-state index is 11.5. The Balaban J connectivity index is 1.63. The van der Waals surface area contributed by atoms with E-state index >= 15 is 0 Å². The molecule has 4 aromatic rings. The van der Waals surface area contributed by atoms with Crippen LogP contribution in [0, 0.1) is 13.8 Å². The number of pyridine rings is 1. The zero-order chi connectivity index (χ0) is 25.4. The van der Waals surface area contributed by atoms with Gasteiger partial charge in [0.05, 0.1) is 17.8 Å². The largest absolute Gasteiger partial charge is 0.351 e. The molecule has 2 aromatic carbocycles. The average Bonchev–Trinajstić information content (AvgIpc) is 3.35. The van der Waals surface area contributed by atoms with E-state index in [1.807, 2.05) is 60.7 Å². The number of hydrogen-bond acceptors (Lipinski definition) is 3. The Morgan fingerprint density at radius 2 is 1.81 bits per heavy atom. The minimum Gasteiger partial charge on any atom is -0.351 e. The average molecular weight is 516 g/mol. The van der Waals surface area contributed by atoms with Crippen molar-refractivity contribution >= 4 is 46.2 Å². The number of carbonyl (C=O) groups excluding carboxylic acids is 1. The van der Waals surface area contributed by atoms with Crippen LogP contribution in [0.1, 0.15) is 41.7 Å². The van der Waals surface area contributed by atoms with E-state index in [1.54, 1.807) is 6.20 Å². The van der Waals surface area contributed by atoms with Gasteiger partial charge in [0.15, 0.2) is 5.11 Å². The minimum atomic E-state index is -0.151. The van der Waals surface area contributed by atoms with E-state index in [1.165, 1.54) is 6.92 Å². The lowest BCUT2D eigenvalue weighted by molar-refractivity contribution is -0.114. The van der Waals surface area contributed by atoms with Gasteiger partial charge in [-0.15, -0.1) is 0 Å². The number of nitrogens with zero attached hydrogens (tertiary/aromatic N) is 3. The van der Waals surface area contributed by atoms with Gasteiger partial charge in [0, 0.05) is 46.6 Å². The number of carbonyl (C=O) groups is 1. The molecule has 182 valence electrons. The molecule has 1 aliphatic heterocycles. The third-order valence-corrected chi connectivity index (χ3v) is 6.97. The van der Waals surface area contributed by atoms with E-state index in [2.05, 4.69) is 51.1 Å². The van der Waals surface area contributed by atoms with Crippen LogP contribution in [-0.2, 0) is 4.79 Å². The van der Waals surface area contributed by atoms with Crippen molar-refractivity contribution in [2.45, 2.75) is 32.9 Å². The van der Waals surface area contributed by atoms with E-state index in [0.29, 0.717) is 10.1 Å². The van der Waals surface area contributed by atoms with Crippen LogP contribution in [0.2, 0.25) is 5.02 Å². The van der Waals surface area contributed by atoms with Gasteiger partial charge in [0.2, 0.25) is 5.91 Å². The monoisotopic (exact) mass is 515 g/mol. The molecule has 0 bridgehead atoms. The molecule has 1 fully saturated rings. The van der Waals surface area contributed by atoms with Crippen molar-refractivity contribution in [2.75, 3.05) is 10.2 Å². The fourth-order valence-corrected chi connectivity index (χ4v) is 5.49. The van der Waals surface area contributed by atoms with Crippen LogP contribution in [0.25, 0.3) is 5.69 Å². The summed E-state index contributed by atoms with van der Waals surface area (Å²) in [7, 11) is 0. The predicted octanol–water partition coefficient (Wildman–Crippen LogP) is 6.28. The fraction of sp³-hybridized carbons (Fsp3) is 0.179. The lowest BCUT2D eigenvalue weighted by Crippen LogP contribution is -2.29. The Morgan fingerprint density at radius 3 is 2.47 bits per heavy atom. The molecule has 2 aromatic heterocycles. The quantitative estimate of drug-likeness (QED) is 0.306. The van der Waals surface area contributed by atoms with Crippen molar-refractivity contribution in [1.82, 2.24) is 14.9 Å². The first-order chi connectivity index (χ1) is 17.3. The van der Waals surface area contributed by atoms with Crippen molar-refractivity contribution in [3.8, 4) is 5.69 Å². The number of aromatic nitrogens is 2. The van der Waals surface area contributed by atoms with Crippen molar-refractivity contribution in [3.05, 3.63) is 107 Å². The minimum absolute atomic E-state index is 0.109. The molecule has 5 rings (SSSR count). The third-order valence-electron chi connectivity index (χ3n) is 6.42. The molecule has 1 amide bonds. The first kappa shape index (κ1) is 24.0. The molecule has 8 heteroatoms. The zero-order valence-corrected chi connectivity index (χ0v) is 21.8. The number of nitrogens with one attached hydrogen (secondary N) is 2. The van der Waals surface area contributed by atoms with E-state index in [9.17, 15) is 4.79 Å². The summed E-state index contributed by atoms with van der Waals surface area (Å²) in [5.41, 5.74) is 6.93. The highest BCUT2D eigenvalue weighted by Crippen LogP contribution is 2.44. The maximum Gasteiger partial charge on any atom is 0.221 e. The Labute approximate surface area is 220 Å². The summed E-state index contributed by atoms with van der Waals surface area (Å²) < 4.78 is 2.22. The first-order valence-electron chi connectivity index (χ1n) is 11.7. The third kappa shape index (κ3) is 4.47. The number of aryl methyl sites for hydroxylation is 1. The molecule has 2 atom stereocenters. The Kier molecular flexibility index (Phi) is 6.51. The van der Waals surface area contributed by atoms with Crippen molar-refractivity contribution in [3.63, 3.8) is 0 Å². The van der Waals surface area contributed by atoms with Gasteiger partial charge >= 0.3 is 0 Å². The Bertz CT molecular complexity index is 1430. The summed E-state index contributed by atoms with van der Waals surface area (Å²) in [5, 5.41) is 7.65. The van der Waals surface area contributed by atoms with Crippen LogP contribution in [0.5, 0.6) is 0 Å². The number of rotatable bonds is 5. The highest BCUT2D eigenvalue weighted by Gasteiger charge is 2.42. The molecule has 1 aliphatic rings. The number of hydrogen-bond donors (Lipinski definition) is 2. The topological polar surface area (TPSA) is 62.2 Å². The van der Waals surface area contributed by atoms with Gasteiger partial charge in [-0.2, -0.15) is 0 Å². The number of anilines is 2.